The molecule has 0 saturated carbocycles. The minimum atomic E-state index is -0.329. The molecule has 3 aromatic rings. The van der Waals surface area contributed by atoms with Crippen LogP contribution >= 0.6 is 0 Å². The average molecular weight is 422 g/mol. The van der Waals surface area contributed by atoms with Crippen LogP contribution in [0.5, 0.6) is 11.5 Å². The van der Waals surface area contributed by atoms with E-state index in [1.54, 1.807) is 55.8 Å². The van der Waals surface area contributed by atoms with Crippen LogP contribution in [0.25, 0.3) is 5.82 Å². The van der Waals surface area contributed by atoms with E-state index >= 15 is 0 Å². The van der Waals surface area contributed by atoms with E-state index in [0.29, 0.717) is 28.9 Å². The molecule has 2 aromatic heterocycles. The highest BCUT2D eigenvalue weighted by Gasteiger charge is 2.19. The number of ether oxygens (including phenoxy) is 2. The molecule has 0 radical (unpaired) electrons. The fourth-order valence-corrected chi connectivity index (χ4v) is 3.72. The first-order valence-corrected chi connectivity index (χ1v) is 10.2. The van der Waals surface area contributed by atoms with Crippen molar-refractivity contribution in [3.8, 4) is 17.3 Å². The molecule has 162 valence electrons. The Balaban J connectivity index is 1.49. The zero-order chi connectivity index (χ0) is 21.8. The van der Waals surface area contributed by atoms with E-state index in [1.807, 2.05) is 6.07 Å². The number of carbonyl (C=O) groups excluding carboxylic acids is 1. The number of amides is 1. The number of benzene rings is 1. The Kier molecular flexibility index (Phi) is 6.01. The number of imidazole rings is 1. The maximum Gasteiger partial charge on any atom is 0.275 e. The number of anilines is 2. The van der Waals surface area contributed by atoms with Crippen molar-refractivity contribution in [2.75, 3.05) is 37.5 Å². The number of carbonyl (C=O) groups is 1. The number of hydrogen-bond acceptors (Lipinski definition) is 7. The summed E-state index contributed by atoms with van der Waals surface area (Å²) in [5, 5.41) is 2.83. The lowest BCUT2D eigenvalue weighted by molar-refractivity contribution is 0.102. The highest BCUT2D eigenvalue weighted by atomic mass is 16.5. The standard InChI is InChI=1S/C22H26N6O3/c1-15-5-4-8-27(11-15)20-10-21(24-13-23-20)28-12-17(25-14-28)22(29)26-16-6-7-18(30-2)19(9-16)31-3/h6-7,9-10,12-15H,4-5,8,11H2,1-3H3,(H,26,29)/t15-/m1/s1. The molecule has 4 rings (SSSR count). The van der Waals surface area contributed by atoms with Gasteiger partial charge in [-0.05, 0) is 30.9 Å². The second-order valence-electron chi connectivity index (χ2n) is 7.62. The van der Waals surface area contributed by atoms with Gasteiger partial charge in [0.25, 0.3) is 5.91 Å². The molecule has 0 spiro atoms. The molecule has 1 fully saturated rings. The van der Waals surface area contributed by atoms with Crippen LogP contribution in [-0.2, 0) is 0 Å². The highest BCUT2D eigenvalue weighted by molar-refractivity contribution is 6.02. The van der Waals surface area contributed by atoms with E-state index in [4.69, 9.17) is 9.47 Å². The van der Waals surface area contributed by atoms with Gasteiger partial charge in [-0.25, -0.2) is 15.0 Å². The molecule has 1 aliphatic rings. The maximum atomic E-state index is 12.7. The summed E-state index contributed by atoms with van der Waals surface area (Å²) in [5.41, 5.74) is 0.863. The molecule has 1 aliphatic heterocycles. The van der Waals surface area contributed by atoms with E-state index in [-0.39, 0.29) is 11.6 Å². The van der Waals surface area contributed by atoms with Crippen molar-refractivity contribution in [3.05, 3.63) is 48.8 Å². The fourth-order valence-electron chi connectivity index (χ4n) is 3.72. The average Bonchev–Trinajstić information content (AvgIpc) is 3.30. The van der Waals surface area contributed by atoms with Crippen LogP contribution in [0.4, 0.5) is 11.5 Å². The summed E-state index contributed by atoms with van der Waals surface area (Å²) in [6, 6.07) is 7.10. The Morgan fingerprint density at radius 2 is 1.90 bits per heavy atom. The molecule has 0 unspecified atom stereocenters. The van der Waals surface area contributed by atoms with Gasteiger partial charge in [-0.15, -0.1) is 0 Å². The van der Waals surface area contributed by atoms with Crippen molar-refractivity contribution in [3.63, 3.8) is 0 Å². The number of aromatic nitrogens is 4. The second kappa shape index (κ2) is 9.03. The predicted molar refractivity (Wildman–Crippen MR) is 117 cm³/mol. The molecule has 9 nitrogen and oxygen atoms in total. The number of methoxy groups -OCH3 is 2. The summed E-state index contributed by atoms with van der Waals surface area (Å²) in [6.07, 6.45) is 7.18. The molecule has 0 aliphatic carbocycles. The third kappa shape index (κ3) is 4.60. The Bertz CT molecular complexity index is 1070. The van der Waals surface area contributed by atoms with E-state index in [0.717, 1.165) is 25.3 Å². The third-order valence-electron chi connectivity index (χ3n) is 5.34. The lowest BCUT2D eigenvalue weighted by Crippen LogP contribution is -2.34. The Morgan fingerprint density at radius 1 is 1.10 bits per heavy atom. The number of hydrogen-bond donors (Lipinski definition) is 1. The molecule has 0 bridgehead atoms. The van der Waals surface area contributed by atoms with Gasteiger partial charge in [-0.2, -0.15) is 0 Å². The van der Waals surface area contributed by atoms with Gasteiger partial charge in [0, 0.05) is 37.1 Å². The van der Waals surface area contributed by atoms with Crippen LogP contribution < -0.4 is 19.7 Å². The van der Waals surface area contributed by atoms with Crippen molar-refractivity contribution >= 4 is 17.4 Å². The van der Waals surface area contributed by atoms with Crippen LogP contribution in [0.15, 0.2) is 43.1 Å². The first-order chi connectivity index (χ1) is 15.1. The Labute approximate surface area is 181 Å². The van der Waals surface area contributed by atoms with Gasteiger partial charge in [0.1, 0.15) is 30.0 Å². The summed E-state index contributed by atoms with van der Waals surface area (Å²) < 4.78 is 12.2. The summed E-state index contributed by atoms with van der Waals surface area (Å²) >= 11 is 0. The van der Waals surface area contributed by atoms with Crippen LogP contribution in [-0.4, -0.2) is 52.7 Å². The summed E-state index contributed by atoms with van der Waals surface area (Å²) in [4.78, 5) is 28.0. The zero-order valence-corrected chi connectivity index (χ0v) is 17.9. The Hall–Kier alpha value is -3.62. The molecule has 1 aromatic carbocycles. The molecule has 1 N–H and O–H groups in total. The van der Waals surface area contributed by atoms with Gasteiger partial charge in [0.05, 0.1) is 14.2 Å². The first-order valence-electron chi connectivity index (χ1n) is 10.2. The largest absolute Gasteiger partial charge is 0.493 e. The van der Waals surface area contributed by atoms with E-state index < -0.39 is 0 Å². The van der Waals surface area contributed by atoms with E-state index in [1.165, 1.54) is 6.42 Å². The topological polar surface area (TPSA) is 94.4 Å². The van der Waals surface area contributed by atoms with E-state index in [9.17, 15) is 4.79 Å². The minimum Gasteiger partial charge on any atom is -0.493 e. The summed E-state index contributed by atoms with van der Waals surface area (Å²) in [5.74, 6) is 3.00. The second-order valence-corrected chi connectivity index (χ2v) is 7.62. The van der Waals surface area contributed by atoms with Crippen molar-refractivity contribution in [1.29, 1.82) is 0 Å². The van der Waals surface area contributed by atoms with Crippen LogP contribution in [0.1, 0.15) is 30.3 Å². The SMILES string of the molecule is COc1ccc(NC(=O)c2cn(-c3cc(N4CCC[C@@H](C)C4)ncn3)cn2)cc1OC. The zero-order valence-electron chi connectivity index (χ0n) is 17.9. The smallest absolute Gasteiger partial charge is 0.275 e. The third-order valence-corrected chi connectivity index (χ3v) is 5.34. The van der Waals surface area contributed by atoms with Crippen molar-refractivity contribution in [2.45, 2.75) is 19.8 Å². The van der Waals surface area contributed by atoms with E-state index in [2.05, 4.69) is 32.1 Å². The molecule has 1 atom stereocenters. The van der Waals surface area contributed by atoms with Gasteiger partial charge < -0.3 is 19.7 Å². The monoisotopic (exact) mass is 422 g/mol. The predicted octanol–water partition coefficient (Wildman–Crippen LogP) is 3.17. The van der Waals surface area contributed by atoms with Gasteiger partial charge in [-0.1, -0.05) is 6.92 Å². The molecule has 1 saturated heterocycles. The van der Waals surface area contributed by atoms with Gasteiger partial charge in [0.15, 0.2) is 11.5 Å². The summed E-state index contributed by atoms with van der Waals surface area (Å²) in [6.45, 7) is 4.23. The quantitative estimate of drug-likeness (QED) is 0.652. The van der Waals surface area contributed by atoms with Crippen molar-refractivity contribution in [1.82, 2.24) is 19.5 Å². The minimum absolute atomic E-state index is 0.279. The lowest BCUT2D eigenvalue weighted by Gasteiger charge is -2.31. The van der Waals surface area contributed by atoms with Crippen LogP contribution in [0, 0.1) is 5.92 Å². The van der Waals surface area contributed by atoms with Crippen LogP contribution in [0.2, 0.25) is 0 Å². The molecule has 9 heteroatoms. The number of rotatable bonds is 6. The highest BCUT2D eigenvalue weighted by Crippen LogP contribution is 2.30. The van der Waals surface area contributed by atoms with Gasteiger partial charge in [-0.3, -0.25) is 9.36 Å². The van der Waals surface area contributed by atoms with Gasteiger partial charge >= 0.3 is 0 Å². The number of nitrogens with zero attached hydrogens (tertiary/aromatic N) is 5. The number of piperidine rings is 1. The molecule has 31 heavy (non-hydrogen) atoms. The number of nitrogens with one attached hydrogen (secondary N) is 1. The first kappa shape index (κ1) is 20.6. The van der Waals surface area contributed by atoms with Gasteiger partial charge in [0.2, 0.25) is 0 Å². The summed E-state index contributed by atoms with van der Waals surface area (Å²) in [7, 11) is 3.11. The van der Waals surface area contributed by atoms with Crippen LogP contribution in [0.3, 0.4) is 0 Å². The molecule has 1 amide bonds. The lowest BCUT2D eigenvalue weighted by atomic mass is 10.0. The maximum absolute atomic E-state index is 12.7. The molecular formula is C22H26N6O3. The van der Waals surface area contributed by atoms with Crippen molar-refractivity contribution < 1.29 is 14.3 Å². The molecule has 3 heterocycles. The normalized spacial score (nSPS) is 16.1. The van der Waals surface area contributed by atoms with Crippen molar-refractivity contribution in [2.24, 2.45) is 5.92 Å². The molecular weight excluding hydrogens is 396 g/mol. The fraction of sp³-hybridized carbons (Fsp3) is 0.364. The Morgan fingerprint density at radius 3 is 2.68 bits per heavy atom.